The Hall–Kier alpha value is -1.13. The van der Waals surface area contributed by atoms with Crippen LogP contribution < -0.4 is 0 Å². The Kier molecular flexibility index (Phi) is 9.88. The van der Waals surface area contributed by atoms with Crippen molar-refractivity contribution in [1.29, 1.82) is 0 Å². The van der Waals surface area contributed by atoms with Gasteiger partial charge in [-0.2, -0.15) is 0 Å². The van der Waals surface area contributed by atoms with E-state index in [1.807, 2.05) is 18.2 Å². The largest absolute Gasteiger partial charge is 0.481 e. The summed E-state index contributed by atoms with van der Waals surface area (Å²) in [6.07, 6.45) is 14.5. The van der Waals surface area contributed by atoms with Gasteiger partial charge in [0.05, 0.1) is 12.2 Å². The highest BCUT2D eigenvalue weighted by atomic mass is 16.4. The molecule has 0 aliphatic heterocycles. The van der Waals surface area contributed by atoms with E-state index in [0.29, 0.717) is 12.3 Å². The van der Waals surface area contributed by atoms with Crippen LogP contribution in [0, 0.1) is 11.8 Å². The third-order valence-electron chi connectivity index (χ3n) is 4.62. The fourth-order valence-electron chi connectivity index (χ4n) is 3.20. The maximum atomic E-state index is 10.5. The van der Waals surface area contributed by atoms with Crippen molar-refractivity contribution in [3.8, 4) is 0 Å². The lowest BCUT2D eigenvalue weighted by Crippen LogP contribution is -2.17. The number of allylic oxidation sites excluding steroid dienone is 3. The Morgan fingerprint density at radius 3 is 2.74 bits per heavy atom. The van der Waals surface area contributed by atoms with Crippen LogP contribution in [0.3, 0.4) is 0 Å². The molecule has 0 amide bonds. The van der Waals surface area contributed by atoms with E-state index in [-0.39, 0.29) is 24.5 Å². The molecule has 1 aliphatic rings. The number of aliphatic hydroxyl groups excluding tert-OH is 2. The number of hydrogen-bond acceptors (Lipinski definition) is 3. The first kappa shape index (κ1) is 19.9. The lowest BCUT2D eigenvalue weighted by atomic mass is 9.90. The minimum Gasteiger partial charge on any atom is -0.481 e. The third-order valence-corrected chi connectivity index (χ3v) is 4.62. The molecule has 132 valence electrons. The van der Waals surface area contributed by atoms with E-state index in [0.717, 1.165) is 44.9 Å². The van der Waals surface area contributed by atoms with Gasteiger partial charge in [-0.1, -0.05) is 50.5 Å². The first-order valence-corrected chi connectivity index (χ1v) is 8.95. The lowest BCUT2D eigenvalue weighted by molar-refractivity contribution is -0.136. The molecule has 4 heteroatoms. The van der Waals surface area contributed by atoms with Crippen molar-refractivity contribution in [2.75, 3.05) is 0 Å². The van der Waals surface area contributed by atoms with Gasteiger partial charge in [0.25, 0.3) is 0 Å². The highest BCUT2D eigenvalue weighted by molar-refractivity contribution is 5.66. The van der Waals surface area contributed by atoms with Gasteiger partial charge in [-0.25, -0.2) is 0 Å². The number of carboxylic acid groups (broad SMARTS) is 1. The van der Waals surface area contributed by atoms with Crippen molar-refractivity contribution >= 4 is 5.97 Å². The van der Waals surface area contributed by atoms with Gasteiger partial charge in [-0.05, 0) is 43.9 Å². The van der Waals surface area contributed by atoms with Crippen LogP contribution in [0.1, 0.15) is 64.7 Å². The maximum absolute atomic E-state index is 10.5. The number of carboxylic acids is 1. The Morgan fingerprint density at radius 1 is 1.26 bits per heavy atom. The molecule has 1 aliphatic carbocycles. The molecule has 0 saturated heterocycles. The molecule has 1 rings (SSSR count). The summed E-state index contributed by atoms with van der Waals surface area (Å²) in [4.78, 5) is 10.5. The zero-order valence-electron chi connectivity index (χ0n) is 14.2. The zero-order valence-corrected chi connectivity index (χ0v) is 14.2. The average Bonchev–Trinajstić information content (AvgIpc) is 2.85. The van der Waals surface area contributed by atoms with Gasteiger partial charge in [0.15, 0.2) is 0 Å². The molecule has 4 nitrogen and oxygen atoms in total. The lowest BCUT2D eigenvalue weighted by Gasteiger charge is -2.18. The highest BCUT2D eigenvalue weighted by Gasteiger charge is 2.32. The second kappa shape index (κ2) is 11.4. The predicted octanol–water partition coefficient (Wildman–Crippen LogP) is 3.68. The molecule has 0 aromatic rings. The van der Waals surface area contributed by atoms with Gasteiger partial charge in [0.2, 0.25) is 0 Å². The van der Waals surface area contributed by atoms with E-state index in [1.165, 1.54) is 0 Å². The van der Waals surface area contributed by atoms with Crippen molar-refractivity contribution < 1.29 is 20.1 Å². The Bertz CT molecular complexity index is 389. The first-order valence-electron chi connectivity index (χ1n) is 8.95. The second-order valence-electron chi connectivity index (χ2n) is 6.56. The first-order chi connectivity index (χ1) is 11.0. The van der Waals surface area contributed by atoms with Crippen LogP contribution >= 0.6 is 0 Å². The van der Waals surface area contributed by atoms with E-state index in [4.69, 9.17) is 5.11 Å². The number of aliphatic hydroxyl groups is 2. The van der Waals surface area contributed by atoms with Gasteiger partial charge in [-0.15, -0.1) is 0 Å². The van der Waals surface area contributed by atoms with Gasteiger partial charge in [0.1, 0.15) is 0 Å². The average molecular weight is 324 g/mol. The van der Waals surface area contributed by atoms with E-state index in [9.17, 15) is 15.0 Å². The summed E-state index contributed by atoms with van der Waals surface area (Å²) >= 11 is 0. The van der Waals surface area contributed by atoms with Crippen LogP contribution in [0.4, 0.5) is 0 Å². The summed E-state index contributed by atoms with van der Waals surface area (Å²) in [7, 11) is 0. The van der Waals surface area contributed by atoms with Crippen molar-refractivity contribution in [1.82, 2.24) is 0 Å². The minimum atomic E-state index is -0.784. The highest BCUT2D eigenvalue weighted by Crippen LogP contribution is 2.36. The normalized spacial score (nSPS) is 26.3. The molecule has 3 N–H and O–H groups in total. The molecule has 0 aromatic heterocycles. The van der Waals surface area contributed by atoms with Crippen LogP contribution in [0.15, 0.2) is 24.3 Å². The van der Waals surface area contributed by atoms with E-state index >= 15 is 0 Å². The fraction of sp³-hybridized carbons (Fsp3) is 0.737. The number of aliphatic carboxylic acids is 1. The fourth-order valence-corrected chi connectivity index (χ4v) is 3.20. The Balaban J connectivity index is 2.39. The summed E-state index contributed by atoms with van der Waals surface area (Å²) in [5, 5.41) is 28.7. The van der Waals surface area contributed by atoms with Crippen LogP contribution in [0.25, 0.3) is 0 Å². The summed E-state index contributed by atoms with van der Waals surface area (Å²) in [5.41, 5.74) is 0. The molecular weight excluding hydrogens is 292 g/mol. The molecule has 0 spiro atoms. The third kappa shape index (κ3) is 8.33. The molecule has 1 saturated carbocycles. The van der Waals surface area contributed by atoms with Crippen molar-refractivity contribution in [2.24, 2.45) is 11.8 Å². The number of hydrogen-bond donors (Lipinski definition) is 3. The molecule has 4 unspecified atom stereocenters. The summed E-state index contributed by atoms with van der Waals surface area (Å²) in [5.74, 6) is -0.307. The van der Waals surface area contributed by atoms with Crippen LogP contribution in [-0.2, 0) is 4.79 Å². The van der Waals surface area contributed by atoms with E-state index < -0.39 is 5.97 Å². The molecule has 1 fully saturated rings. The van der Waals surface area contributed by atoms with Gasteiger partial charge in [-0.3, -0.25) is 4.79 Å². The van der Waals surface area contributed by atoms with Gasteiger partial charge >= 0.3 is 5.97 Å². The Morgan fingerprint density at radius 2 is 2.04 bits per heavy atom. The van der Waals surface area contributed by atoms with Crippen LogP contribution in [0.2, 0.25) is 0 Å². The standard InChI is InChI=1S/C19H32O4/c1-2-3-5-8-16(20)13-11-15-12-14-18(21)17(15)9-6-4-7-10-19(22)23/h4,6,11,13,15-18,20-21H,2-3,5,7-10,12,14H2,1H3,(H,22,23). The second-order valence-corrected chi connectivity index (χ2v) is 6.56. The van der Waals surface area contributed by atoms with Crippen LogP contribution in [-0.4, -0.2) is 33.5 Å². The zero-order chi connectivity index (χ0) is 17.1. The van der Waals surface area contributed by atoms with E-state index in [2.05, 4.69) is 13.0 Å². The molecule has 0 bridgehead atoms. The molecule has 0 aromatic carbocycles. The molecule has 0 radical (unpaired) electrons. The smallest absolute Gasteiger partial charge is 0.303 e. The molecule has 4 atom stereocenters. The molecule has 23 heavy (non-hydrogen) atoms. The van der Waals surface area contributed by atoms with Crippen molar-refractivity contribution in [3.63, 3.8) is 0 Å². The minimum absolute atomic E-state index is 0.150. The van der Waals surface area contributed by atoms with Gasteiger partial charge < -0.3 is 15.3 Å². The number of carbonyl (C=O) groups is 1. The monoisotopic (exact) mass is 324 g/mol. The van der Waals surface area contributed by atoms with E-state index in [1.54, 1.807) is 0 Å². The van der Waals surface area contributed by atoms with Crippen molar-refractivity contribution in [3.05, 3.63) is 24.3 Å². The quantitative estimate of drug-likeness (QED) is 0.400. The van der Waals surface area contributed by atoms with Crippen molar-refractivity contribution in [2.45, 2.75) is 76.9 Å². The summed E-state index contributed by atoms with van der Waals surface area (Å²) in [6, 6.07) is 0. The molecule has 0 heterocycles. The topological polar surface area (TPSA) is 77.8 Å². The summed E-state index contributed by atoms with van der Waals surface area (Å²) < 4.78 is 0. The SMILES string of the molecule is CCCCCC(O)C=CC1CCC(O)C1CC=CCCC(=O)O. The predicted molar refractivity (Wildman–Crippen MR) is 92.1 cm³/mol. The maximum Gasteiger partial charge on any atom is 0.303 e. The Labute approximate surface area is 139 Å². The van der Waals surface area contributed by atoms with Crippen LogP contribution in [0.5, 0.6) is 0 Å². The summed E-state index contributed by atoms with van der Waals surface area (Å²) in [6.45, 7) is 2.15. The number of unbranched alkanes of at least 4 members (excludes halogenated alkanes) is 2. The van der Waals surface area contributed by atoms with Gasteiger partial charge in [0, 0.05) is 6.42 Å². The molecular formula is C19H32O4. The number of rotatable bonds is 11.